The maximum Gasteiger partial charge on any atom is 0.346 e. The fourth-order valence-corrected chi connectivity index (χ4v) is 10.4. The zero-order valence-electron chi connectivity index (χ0n) is 35.7. The number of amides is 2. The number of hydroxylamine groups is 2. The minimum atomic E-state index is -3.92. The molecule has 2 aromatic heterocycles. The van der Waals surface area contributed by atoms with Crippen molar-refractivity contribution in [2.24, 2.45) is 0 Å². The number of benzene rings is 4. The highest BCUT2D eigenvalue weighted by molar-refractivity contribution is 7.62. The van der Waals surface area contributed by atoms with Crippen molar-refractivity contribution in [1.82, 2.24) is 29.7 Å². The van der Waals surface area contributed by atoms with Gasteiger partial charge < -0.3 is 24.5 Å². The monoisotopic (exact) mass is 873 g/mol. The van der Waals surface area contributed by atoms with Gasteiger partial charge in [-0.05, 0) is 80.8 Å². The first-order chi connectivity index (χ1) is 30.3. The molecular weight excluding hydrogens is 824 g/mol. The van der Waals surface area contributed by atoms with E-state index < -0.39 is 49.5 Å². The lowest BCUT2D eigenvalue weighted by molar-refractivity contribution is -0.252. The van der Waals surface area contributed by atoms with Crippen LogP contribution in [0.2, 0.25) is 0 Å². The summed E-state index contributed by atoms with van der Waals surface area (Å²) < 4.78 is 19.8. The molecule has 1 aliphatic heterocycles. The first-order valence-corrected chi connectivity index (χ1v) is 22.2. The summed E-state index contributed by atoms with van der Waals surface area (Å²) in [5, 5.41) is 14.3. The smallest absolute Gasteiger partial charge is 0.346 e. The van der Waals surface area contributed by atoms with E-state index in [4.69, 9.17) is 24.0 Å². The summed E-state index contributed by atoms with van der Waals surface area (Å²) in [7, 11) is -0.749. The lowest BCUT2D eigenvalue weighted by Crippen LogP contribution is -2.63. The SMILES string of the molecule is COc1ccc(C(OCC2C(c3nc(NC(=O)c4ccccc4)c4[nH]cnc4n3)C(=O)N2OC(C#N)C[P+](O)(O)N(C(C)C)C(C)C)(c2ccccc2)c2ccc(OC)cc2)cc1. The number of β-lactam (4-membered cyclic amide) rings is 1. The molecular formula is C46H50N8O8P+. The number of hydrogen-bond acceptors (Lipinski definition) is 13. The molecule has 1 saturated heterocycles. The van der Waals surface area contributed by atoms with Crippen molar-refractivity contribution in [2.45, 2.75) is 63.4 Å². The number of carbonyl (C=O) groups excluding carboxylic acids is 2. The van der Waals surface area contributed by atoms with Crippen LogP contribution in [0, 0.1) is 11.3 Å². The topological polar surface area (TPSA) is 208 Å². The number of ether oxygens (including phenoxy) is 3. The second-order valence-corrected chi connectivity index (χ2v) is 17.8. The van der Waals surface area contributed by atoms with Crippen LogP contribution >= 0.6 is 7.87 Å². The van der Waals surface area contributed by atoms with Gasteiger partial charge in [0.2, 0.25) is 6.10 Å². The Bertz CT molecular complexity index is 2500. The summed E-state index contributed by atoms with van der Waals surface area (Å²) in [4.78, 5) is 73.8. The third-order valence-corrected chi connectivity index (χ3v) is 13.4. The number of rotatable bonds is 18. The predicted molar refractivity (Wildman–Crippen MR) is 237 cm³/mol. The number of carbonyl (C=O) groups is 2. The first-order valence-electron chi connectivity index (χ1n) is 20.4. The Morgan fingerprint density at radius 3 is 1.97 bits per heavy atom. The number of imidazole rings is 1. The Kier molecular flexibility index (Phi) is 13.5. The second-order valence-electron chi connectivity index (χ2n) is 15.5. The van der Waals surface area contributed by atoms with Crippen LogP contribution in [0.3, 0.4) is 0 Å². The van der Waals surface area contributed by atoms with Gasteiger partial charge in [-0.3, -0.25) is 9.59 Å². The molecule has 2 amide bonds. The highest BCUT2D eigenvalue weighted by Gasteiger charge is 2.56. The van der Waals surface area contributed by atoms with Gasteiger partial charge in [0.1, 0.15) is 46.5 Å². The molecule has 4 N–H and O–H groups in total. The number of methoxy groups -OCH3 is 2. The van der Waals surface area contributed by atoms with Crippen molar-refractivity contribution in [3.63, 3.8) is 0 Å². The van der Waals surface area contributed by atoms with Crippen molar-refractivity contribution in [2.75, 3.05) is 32.3 Å². The summed E-state index contributed by atoms with van der Waals surface area (Å²) >= 11 is 0. The van der Waals surface area contributed by atoms with Crippen LogP contribution in [0.4, 0.5) is 5.82 Å². The van der Waals surface area contributed by atoms with E-state index >= 15 is 0 Å². The van der Waals surface area contributed by atoms with E-state index in [9.17, 15) is 24.6 Å². The Labute approximate surface area is 366 Å². The number of aromatic amines is 1. The number of hydrogen-bond donors (Lipinski definition) is 4. The maximum absolute atomic E-state index is 14.5. The molecule has 16 nitrogen and oxygen atoms in total. The predicted octanol–water partition coefficient (Wildman–Crippen LogP) is 6.62. The average Bonchev–Trinajstić information content (AvgIpc) is 3.77. The molecule has 0 saturated carbocycles. The summed E-state index contributed by atoms with van der Waals surface area (Å²) in [5.41, 5.74) is 1.79. The molecule has 3 heterocycles. The Morgan fingerprint density at radius 2 is 1.43 bits per heavy atom. The molecule has 3 unspecified atom stereocenters. The normalized spacial score (nSPS) is 16.0. The molecule has 0 aliphatic carbocycles. The van der Waals surface area contributed by atoms with Crippen LogP contribution in [0.1, 0.15) is 66.5 Å². The summed E-state index contributed by atoms with van der Waals surface area (Å²) in [5.74, 6) is -0.837. The quantitative estimate of drug-likeness (QED) is 0.0408. The number of nitriles is 1. The molecule has 326 valence electrons. The van der Waals surface area contributed by atoms with E-state index in [-0.39, 0.29) is 36.0 Å². The van der Waals surface area contributed by atoms with Crippen molar-refractivity contribution in [1.29, 1.82) is 5.26 Å². The second kappa shape index (κ2) is 19.0. The highest BCUT2D eigenvalue weighted by Crippen LogP contribution is 2.57. The van der Waals surface area contributed by atoms with Gasteiger partial charge in [0.25, 0.3) is 11.8 Å². The van der Waals surface area contributed by atoms with Crippen molar-refractivity contribution >= 4 is 36.7 Å². The Balaban J connectivity index is 1.32. The fourth-order valence-electron chi connectivity index (χ4n) is 8.12. The van der Waals surface area contributed by atoms with E-state index in [2.05, 4.69) is 20.3 Å². The van der Waals surface area contributed by atoms with Gasteiger partial charge in [-0.25, -0.2) is 34.6 Å². The maximum atomic E-state index is 14.5. The summed E-state index contributed by atoms with van der Waals surface area (Å²) in [6, 6.07) is 33.6. The third kappa shape index (κ3) is 9.12. The lowest BCUT2D eigenvalue weighted by Gasteiger charge is -2.47. The third-order valence-electron chi connectivity index (χ3n) is 10.9. The molecule has 0 spiro atoms. The van der Waals surface area contributed by atoms with Crippen molar-refractivity contribution < 1.29 is 38.4 Å². The molecule has 17 heteroatoms. The summed E-state index contributed by atoms with van der Waals surface area (Å²) in [6.45, 7) is 7.10. The molecule has 63 heavy (non-hydrogen) atoms. The zero-order valence-corrected chi connectivity index (χ0v) is 36.6. The molecule has 1 fully saturated rings. The molecule has 0 bridgehead atoms. The number of aromatic nitrogens is 4. The molecule has 1 aliphatic rings. The number of H-pyrrole nitrogens is 1. The van der Waals surface area contributed by atoms with Gasteiger partial charge in [0, 0.05) is 17.6 Å². The number of nitrogens with zero attached hydrogens (tertiary/aromatic N) is 6. The van der Waals surface area contributed by atoms with Gasteiger partial charge in [-0.15, -0.1) is 4.67 Å². The van der Waals surface area contributed by atoms with E-state index in [0.29, 0.717) is 22.6 Å². The number of nitrogens with one attached hydrogen (secondary N) is 2. The lowest BCUT2D eigenvalue weighted by atomic mass is 9.79. The number of anilines is 1. The minimum Gasteiger partial charge on any atom is -0.497 e. The van der Waals surface area contributed by atoms with Gasteiger partial charge in [-0.2, -0.15) is 5.26 Å². The average molecular weight is 874 g/mol. The molecule has 4 aromatic carbocycles. The molecule has 0 radical (unpaired) electrons. The minimum absolute atomic E-state index is 0.0149. The van der Waals surface area contributed by atoms with Crippen molar-refractivity contribution in [3.05, 3.63) is 144 Å². The first kappa shape index (κ1) is 44.7. The van der Waals surface area contributed by atoms with Gasteiger partial charge in [0.15, 0.2) is 17.6 Å². The van der Waals surface area contributed by atoms with Crippen molar-refractivity contribution in [3.8, 4) is 17.6 Å². The van der Waals surface area contributed by atoms with Crippen LogP contribution < -0.4 is 14.8 Å². The Morgan fingerprint density at radius 1 is 0.873 bits per heavy atom. The Hall–Kier alpha value is -6.31. The van der Waals surface area contributed by atoms with Gasteiger partial charge >= 0.3 is 7.87 Å². The van der Waals surface area contributed by atoms with E-state index in [0.717, 1.165) is 21.8 Å². The van der Waals surface area contributed by atoms with E-state index in [1.807, 2.05) is 113 Å². The van der Waals surface area contributed by atoms with Gasteiger partial charge in [0.05, 0.1) is 27.2 Å². The molecule has 6 aromatic rings. The summed E-state index contributed by atoms with van der Waals surface area (Å²) in [6.07, 6.45) is -0.524. The zero-order chi connectivity index (χ0) is 44.9. The standard InChI is InChI=1S/C46H49N8O8P/c1-29(2)54(30(3)4)63(57,58)27-37(25-47)62-53-38(39(45(53)56)41-50-42-40(48-28-49-42)43(51-41)52-44(55)31-13-9-7-10-14-31)26-61-46(32-15-11-8-12-16-32,33-17-21-35(59-5)22-18-33)34-19-23-36(60-6)24-20-34/h7-24,28-30,37-39,57-58H,26-27H2,1-6H3,(H-,48,49,50,51,52,55)/p+1. The van der Waals surface area contributed by atoms with E-state index in [1.165, 1.54) is 6.33 Å². The van der Waals surface area contributed by atoms with Crippen LogP contribution in [0.25, 0.3) is 11.2 Å². The van der Waals surface area contributed by atoms with Crippen LogP contribution in [0.15, 0.2) is 116 Å². The van der Waals surface area contributed by atoms with Crippen LogP contribution in [-0.4, -0.2) is 102 Å². The van der Waals surface area contributed by atoms with Crippen LogP contribution in [-0.2, 0) is 20.0 Å². The molecule has 7 rings (SSSR count). The van der Waals surface area contributed by atoms with Crippen LogP contribution in [0.5, 0.6) is 11.5 Å². The molecule has 3 atom stereocenters. The van der Waals surface area contributed by atoms with E-state index in [1.54, 1.807) is 49.2 Å². The highest BCUT2D eigenvalue weighted by atomic mass is 31.2. The fraction of sp³-hybridized carbons (Fsp3) is 0.304. The largest absolute Gasteiger partial charge is 0.497 e. The number of fused-ring (bicyclic) bond motifs is 1. The van der Waals surface area contributed by atoms with Gasteiger partial charge in [-0.1, -0.05) is 72.8 Å².